The van der Waals surface area contributed by atoms with E-state index in [9.17, 15) is 10.1 Å². The third-order valence-electron chi connectivity index (χ3n) is 3.94. The third kappa shape index (κ3) is 2.84. The van der Waals surface area contributed by atoms with Crippen LogP contribution in [-0.2, 0) is 9.53 Å². The van der Waals surface area contributed by atoms with Crippen molar-refractivity contribution in [1.82, 2.24) is 4.90 Å². The molecule has 1 amide bonds. The molecule has 1 saturated carbocycles. The summed E-state index contributed by atoms with van der Waals surface area (Å²) >= 11 is 0. The Labute approximate surface area is 110 Å². The quantitative estimate of drug-likeness (QED) is 0.728. The summed E-state index contributed by atoms with van der Waals surface area (Å²) in [5, 5.41) is 9.32. The fourth-order valence-electron chi connectivity index (χ4n) is 2.65. The molecule has 0 aromatic heterocycles. The normalized spacial score (nSPS) is 28.1. The first-order valence-electron chi connectivity index (χ1n) is 6.72. The summed E-state index contributed by atoms with van der Waals surface area (Å²) in [4.78, 5) is 14.4. The molecule has 1 aliphatic rings. The standard InChI is InChI=1S/C14H24N2O2/c1-5-12(3)16(6-7-18-4)13(17)14(10-15)8-11(2)9-14/h11-12H,5-9H2,1-4H3. The molecule has 18 heavy (non-hydrogen) atoms. The maximum atomic E-state index is 12.6. The Balaban J connectivity index is 2.78. The predicted molar refractivity (Wildman–Crippen MR) is 69.8 cm³/mol. The molecule has 1 unspecified atom stereocenters. The van der Waals surface area contributed by atoms with Gasteiger partial charge in [0.1, 0.15) is 5.41 Å². The van der Waals surface area contributed by atoms with E-state index in [4.69, 9.17) is 4.74 Å². The van der Waals surface area contributed by atoms with Gasteiger partial charge in [0, 0.05) is 19.7 Å². The summed E-state index contributed by atoms with van der Waals surface area (Å²) < 4.78 is 5.06. The maximum absolute atomic E-state index is 12.6. The van der Waals surface area contributed by atoms with Gasteiger partial charge >= 0.3 is 0 Å². The molecule has 1 atom stereocenters. The summed E-state index contributed by atoms with van der Waals surface area (Å²) in [6.07, 6.45) is 2.29. The van der Waals surface area contributed by atoms with Crippen molar-refractivity contribution >= 4 is 5.91 Å². The molecule has 0 aromatic carbocycles. The highest BCUT2D eigenvalue weighted by molar-refractivity contribution is 5.86. The first-order valence-corrected chi connectivity index (χ1v) is 6.72. The molecule has 0 radical (unpaired) electrons. The lowest BCUT2D eigenvalue weighted by Crippen LogP contribution is -2.53. The summed E-state index contributed by atoms with van der Waals surface area (Å²) in [7, 11) is 1.63. The number of amides is 1. The van der Waals surface area contributed by atoms with Gasteiger partial charge in [0.2, 0.25) is 5.91 Å². The van der Waals surface area contributed by atoms with Crippen molar-refractivity contribution in [1.29, 1.82) is 5.26 Å². The van der Waals surface area contributed by atoms with Crippen LogP contribution in [0.25, 0.3) is 0 Å². The molecule has 0 saturated heterocycles. The van der Waals surface area contributed by atoms with E-state index in [1.165, 1.54) is 0 Å². The van der Waals surface area contributed by atoms with Crippen LogP contribution in [0, 0.1) is 22.7 Å². The van der Waals surface area contributed by atoms with Crippen LogP contribution in [0.2, 0.25) is 0 Å². The minimum absolute atomic E-state index is 0.00509. The highest BCUT2D eigenvalue weighted by atomic mass is 16.5. The fourth-order valence-corrected chi connectivity index (χ4v) is 2.65. The molecule has 0 bridgehead atoms. The molecule has 0 heterocycles. The Hall–Kier alpha value is -1.08. The van der Waals surface area contributed by atoms with Gasteiger partial charge in [-0.1, -0.05) is 13.8 Å². The fraction of sp³-hybridized carbons (Fsp3) is 0.857. The zero-order chi connectivity index (χ0) is 13.8. The number of hydrogen-bond acceptors (Lipinski definition) is 3. The van der Waals surface area contributed by atoms with Gasteiger partial charge < -0.3 is 9.64 Å². The molecule has 0 N–H and O–H groups in total. The van der Waals surface area contributed by atoms with E-state index in [0.717, 1.165) is 6.42 Å². The molecule has 1 fully saturated rings. The molecule has 1 rings (SSSR count). The largest absolute Gasteiger partial charge is 0.383 e. The highest BCUT2D eigenvalue weighted by Crippen LogP contribution is 2.46. The second-order valence-corrected chi connectivity index (χ2v) is 5.46. The average Bonchev–Trinajstić information content (AvgIpc) is 2.34. The van der Waals surface area contributed by atoms with Crippen molar-refractivity contribution < 1.29 is 9.53 Å². The SMILES string of the molecule is CCC(C)N(CCOC)C(=O)C1(C#N)CC(C)C1. The first kappa shape index (κ1) is 15.0. The van der Waals surface area contributed by atoms with Crippen LogP contribution in [0.5, 0.6) is 0 Å². The predicted octanol–water partition coefficient (Wildman–Crippen LogP) is 2.20. The lowest BCUT2D eigenvalue weighted by atomic mass is 9.62. The second kappa shape index (κ2) is 6.19. The monoisotopic (exact) mass is 252 g/mol. The Morgan fingerprint density at radius 2 is 2.22 bits per heavy atom. The number of carbonyl (C=O) groups is 1. The van der Waals surface area contributed by atoms with Crippen LogP contribution < -0.4 is 0 Å². The third-order valence-corrected chi connectivity index (χ3v) is 3.94. The Kier molecular flexibility index (Phi) is 5.15. The Morgan fingerprint density at radius 1 is 1.61 bits per heavy atom. The van der Waals surface area contributed by atoms with Crippen molar-refractivity contribution in [3.05, 3.63) is 0 Å². The first-order chi connectivity index (χ1) is 8.50. The van der Waals surface area contributed by atoms with Crippen molar-refractivity contribution in [3.63, 3.8) is 0 Å². The van der Waals surface area contributed by atoms with Crippen LogP contribution in [0.15, 0.2) is 0 Å². The number of nitrogens with zero attached hydrogens (tertiary/aromatic N) is 2. The summed E-state index contributed by atoms with van der Waals surface area (Å²) in [5.74, 6) is 0.476. The van der Waals surface area contributed by atoms with Gasteiger partial charge in [-0.25, -0.2) is 0 Å². The highest BCUT2D eigenvalue weighted by Gasteiger charge is 2.51. The van der Waals surface area contributed by atoms with Crippen LogP contribution in [0.1, 0.15) is 40.0 Å². The van der Waals surface area contributed by atoms with E-state index in [2.05, 4.69) is 19.9 Å². The molecule has 1 aliphatic carbocycles. The number of nitriles is 1. The smallest absolute Gasteiger partial charge is 0.243 e. The van der Waals surface area contributed by atoms with Gasteiger partial charge in [0.15, 0.2) is 0 Å². The van der Waals surface area contributed by atoms with E-state index >= 15 is 0 Å². The maximum Gasteiger partial charge on any atom is 0.243 e. The Morgan fingerprint density at radius 3 is 2.61 bits per heavy atom. The topological polar surface area (TPSA) is 53.3 Å². The molecular formula is C14H24N2O2. The van der Waals surface area contributed by atoms with Crippen LogP contribution in [0.3, 0.4) is 0 Å². The van der Waals surface area contributed by atoms with Crippen LogP contribution in [-0.4, -0.2) is 37.1 Å². The zero-order valence-electron chi connectivity index (χ0n) is 11.9. The van der Waals surface area contributed by atoms with E-state index < -0.39 is 5.41 Å². The number of methoxy groups -OCH3 is 1. The second-order valence-electron chi connectivity index (χ2n) is 5.46. The minimum Gasteiger partial charge on any atom is -0.383 e. The summed E-state index contributed by atoms with van der Waals surface area (Å²) in [6.45, 7) is 7.27. The molecule has 102 valence electrons. The van der Waals surface area contributed by atoms with Crippen molar-refractivity contribution in [3.8, 4) is 6.07 Å². The minimum atomic E-state index is -0.767. The number of hydrogen-bond donors (Lipinski definition) is 0. The molecular weight excluding hydrogens is 228 g/mol. The van der Waals surface area contributed by atoms with E-state index in [0.29, 0.717) is 31.9 Å². The van der Waals surface area contributed by atoms with Gasteiger partial charge in [-0.05, 0) is 32.1 Å². The van der Waals surface area contributed by atoms with E-state index in [-0.39, 0.29) is 11.9 Å². The van der Waals surface area contributed by atoms with E-state index in [1.807, 2.05) is 11.8 Å². The average molecular weight is 252 g/mol. The summed E-state index contributed by atoms with van der Waals surface area (Å²) in [5.41, 5.74) is -0.767. The summed E-state index contributed by atoms with van der Waals surface area (Å²) in [6, 6.07) is 2.41. The van der Waals surface area contributed by atoms with Gasteiger partial charge in [-0.2, -0.15) is 5.26 Å². The lowest BCUT2D eigenvalue weighted by molar-refractivity contribution is -0.148. The number of carbonyl (C=O) groups excluding carboxylic acids is 1. The van der Waals surface area contributed by atoms with Gasteiger partial charge in [0.25, 0.3) is 0 Å². The lowest BCUT2D eigenvalue weighted by Gasteiger charge is -2.43. The van der Waals surface area contributed by atoms with Crippen LogP contribution in [0.4, 0.5) is 0 Å². The van der Waals surface area contributed by atoms with Gasteiger partial charge in [0.05, 0.1) is 12.7 Å². The molecule has 0 aliphatic heterocycles. The molecule has 4 nitrogen and oxygen atoms in total. The van der Waals surface area contributed by atoms with Gasteiger partial charge in [-0.3, -0.25) is 4.79 Å². The molecule has 4 heteroatoms. The van der Waals surface area contributed by atoms with Crippen LogP contribution >= 0.6 is 0 Å². The molecule has 0 spiro atoms. The van der Waals surface area contributed by atoms with Crippen molar-refractivity contribution in [2.45, 2.75) is 46.1 Å². The Bertz CT molecular complexity index is 329. The van der Waals surface area contributed by atoms with E-state index in [1.54, 1.807) is 7.11 Å². The molecule has 0 aromatic rings. The van der Waals surface area contributed by atoms with Gasteiger partial charge in [-0.15, -0.1) is 0 Å². The van der Waals surface area contributed by atoms with Crippen molar-refractivity contribution in [2.75, 3.05) is 20.3 Å². The number of rotatable bonds is 6. The van der Waals surface area contributed by atoms with Crippen molar-refractivity contribution in [2.24, 2.45) is 11.3 Å². The number of ether oxygens (including phenoxy) is 1. The zero-order valence-corrected chi connectivity index (χ0v) is 11.9.